The molecule has 1 aromatic carbocycles. The van der Waals surface area contributed by atoms with Crippen LogP contribution in [0.1, 0.15) is 30.5 Å². The summed E-state index contributed by atoms with van der Waals surface area (Å²) in [7, 11) is 0. The quantitative estimate of drug-likeness (QED) is 0.852. The SMILES string of the molecule is CCN(CC)c1ccc(CNCc2ccc(C#N)cc2)cn1. The van der Waals surface area contributed by atoms with E-state index in [9.17, 15) is 0 Å². The molecule has 1 N–H and O–H groups in total. The summed E-state index contributed by atoms with van der Waals surface area (Å²) in [6.45, 7) is 7.78. The number of pyridine rings is 1. The minimum Gasteiger partial charge on any atom is -0.357 e. The summed E-state index contributed by atoms with van der Waals surface area (Å²) < 4.78 is 0. The molecule has 4 heteroatoms. The van der Waals surface area contributed by atoms with Crippen molar-refractivity contribution in [3.63, 3.8) is 0 Å². The number of rotatable bonds is 7. The molecule has 1 heterocycles. The van der Waals surface area contributed by atoms with Gasteiger partial charge in [-0.05, 0) is 43.2 Å². The number of aromatic nitrogens is 1. The van der Waals surface area contributed by atoms with Gasteiger partial charge in [-0.25, -0.2) is 4.98 Å². The van der Waals surface area contributed by atoms with E-state index in [2.05, 4.69) is 47.3 Å². The average Bonchev–Trinajstić information content (AvgIpc) is 2.58. The largest absolute Gasteiger partial charge is 0.357 e. The van der Waals surface area contributed by atoms with Crippen LogP contribution in [0, 0.1) is 11.3 Å². The minimum absolute atomic E-state index is 0.694. The Bertz CT molecular complexity index is 607. The summed E-state index contributed by atoms with van der Waals surface area (Å²) >= 11 is 0. The van der Waals surface area contributed by atoms with Crippen molar-refractivity contribution in [1.29, 1.82) is 5.26 Å². The van der Waals surface area contributed by atoms with Gasteiger partial charge in [-0.3, -0.25) is 0 Å². The van der Waals surface area contributed by atoms with Crippen LogP contribution in [0.3, 0.4) is 0 Å². The summed E-state index contributed by atoms with van der Waals surface area (Å²) in [5.41, 5.74) is 3.04. The maximum Gasteiger partial charge on any atom is 0.128 e. The Kier molecular flexibility index (Phi) is 5.93. The first-order valence-electron chi connectivity index (χ1n) is 7.66. The molecule has 0 saturated carbocycles. The number of nitrogens with zero attached hydrogens (tertiary/aromatic N) is 3. The van der Waals surface area contributed by atoms with Crippen molar-refractivity contribution in [2.75, 3.05) is 18.0 Å². The predicted molar refractivity (Wildman–Crippen MR) is 89.5 cm³/mol. The first-order valence-corrected chi connectivity index (χ1v) is 7.66. The van der Waals surface area contributed by atoms with E-state index in [1.165, 1.54) is 11.1 Å². The van der Waals surface area contributed by atoms with Crippen LogP contribution in [0.25, 0.3) is 0 Å². The van der Waals surface area contributed by atoms with E-state index in [4.69, 9.17) is 5.26 Å². The van der Waals surface area contributed by atoms with Crippen molar-refractivity contribution >= 4 is 5.82 Å². The van der Waals surface area contributed by atoms with Gasteiger partial charge in [0.1, 0.15) is 5.82 Å². The molecule has 0 unspecified atom stereocenters. The minimum atomic E-state index is 0.694. The van der Waals surface area contributed by atoms with Crippen LogP contribution >= 0.6 is 0 Å². The fourth-order valence-corrected chi connectivity index (χ4v) is 2.30. The molecule has 0 spiro atoms. The van der Waals surface area contributed by atoms with Gasteiger partial charge in [0.2, 0.25) is 0 Å². The fourth-order valence-electron chi connectivity index (χ4n) is 2.30. The smallest absolute Gasteiger partial charge is 0.128 e. The number of benzene rings is 1. The van der Waals surface area contributed by atoms with E-state index in [-0.39, 0.29) is 0 Å². The maximum atomic E-state index is 8.77. The molecule has 0 aliphatic carbocycles. The predicted octanol–water partition coefficient (Wildman–Crippen LogP) is 3.09. The molecule has 0 amide bonds. The second kappa shape index (κ2) is 8.16. The van der Waals surface area contributed by atoms with E-state index in [1.54, 1.807) is 0 Å². The Hall–Kier alpha value is -2.38. The van der Waals surface area contributed by atoms with Crippen LogP contribution in [0.4, 0.5) is 5.82 Å². The monoisotopic (exact) mass is 294 g/mol. The van der Waals surface area contributed by atoms with Gasteiger partial charge >= 0.3 is 0 Å². The molecule has 0 atom stereocenters. The van der Waals surface area contributed by atoms with Crippen molar-refractivity contribution in [2.45, 2.75) is 26.9 Å². The highest BCUT2D eigenvalue weighted by Crippen LogP contribution is 2.11. The molecule has 4 nitrogen and oxygen atoms in total. The molecule has 1 aromatic heterocycles. The number of nitrogens with one attached hydrogen (secondary N) is 1. The van der Waals surface area contributed by atoms with Crippen LogP contribution in [0.2, 0.25) is 0 Å². The van der Waals surface area contributed by atoms with Crippen molar-refractivity contribution in [2.24, 2.45) is 0 Å². The van der Waals surface area contributed by atoms with Gasteiger partial charge in [0.15, 0.2) is 0 Å². The number of hydrogen-bond acceptors (Lipinski definition) is 4. The molecule has 0 aliphatic heterocycles. The van der Waals surface area contributed by atoms with Crippen molar-refractivity contribution in [3.05, 3.63) is 59.3 Å². The summed E-state index contributed by atoms with van der Waals surface area (Å²) in [6, 6.07) is 14.0. The first-order chi connectivity index (χ1) is 10.8. The van der Waals surface area contributed by atoms with Gasteiger partial charge in [-0.15, -0.1) is 0 Å². The highest BCUT2D eigenvalue weighted by atomic mass is 15.2. The van der Waals surface area contributed by atoms with Crippen molar-refractivity contribution < 1.29 is 0 Å². The third-order valence-electron chi connectivity index (χ3n) is 3.64. The Balaban J connectivity index is 1.85. The van der Waals surface area contributed by atoms with E-state index in [0.717, 1.165) is 32.0 Å². The molecule has 0 saturated heterocycles. The number of anilines is 1. The third-order valence-corrected chi connectivity index (χ3v) is 3.64. The zero-order chi connectivity index (χ0) is 15.8. The average molecular weight is 294 g/mol. The lowest BCUT2D eigenvalue weighted by Gasteiger charge is -2.19. The van der Waals surface area contributed by atoms with Crippen LogP contribution in [0.15, 0.2) is 42.6 Å². The van der Waals surface area contributed by atoms with Crippen LogP contribution in [-0.4, -0.2) is 18.1 Å². The highest BCUT2D eigenvalue weighted by Gasteiger charge is 2.02. The summed E-state index contributed by atoms with van der Waals surface area (Å²) in [6.07, 6.45) is 1.93. The zero-order valence-corrected chi connectivity index (χ0v) is 13.2. The van der Waals surface area contributed by atoms with Gasteiger partial charge in [-0.2, -0.15) is 5.26 Å². The van der Waals surface area contributed by atoms with Gasteiger partial charge < -0.3 is 10.2 Å². The molecule has 0 radical (unpaired) electrons. The molecule has 0 aliphatic rings. The Labute approximate surface area is 132 Å². The van der Waals surface area contributed by atoms with Gasteiger partial charge in [0.05, 0.1) is 11.6 Å². The van der Waals surface area contributed by atoms with Crippen molar-refractivity contribution in [3.8, 4) is 6.07 Å². The maximum absolute atomic E-state index is 8.77. The lowest BCUT2D eigenvalue weighted by atomic mass is 10.1. The zero-order valence-electron chi connectivity index (χ0n) is 13.2. The Morgan fingerprint density at radius 2 is 1.64 bits per heavy atom. The number of nitriles is 1. The number of hydrogen-bond donors (Lipinski definition) is 1. The van der Waals surface area contributed by atoms with E-state index in [1.807, 2.05) is 30.5 Å². The van der Waals surface area contributed by atoms with Crippen LogP contribution in [-0.2, 0) is 13.1 Å². The summed E-state index contributed by atoms with van der Waals surface area (Å²) in [5, 5.41) is 12.2. The third kappa shape index (κ3) is 4.31. The molecular formula is C18H22N4. The van der Waals surface area contributed by atoms with E-state index >= 15 is 0 Å². The van der Waals surface area contributed by atoms with Gasteiger partial charge in [-0.1, -0.05) is 18.2 Å². The van der Waals surface area contributed by atoms with Crippen LogP contribution in [0.5, 0.6) is 0 Å². The molecule has 0 fully saturated rings. The lowest BCUT2D eigenvalue weighted by Crippen LogP contribution is -2.23. The molecule has 0 bridgehead atoms. The molecule has 2 rings (SSSR count). The fraction of sp³-hybridized carbons (Fsp3) is 0.333. The highest BCUT2D eigenvalue weighted by molar-refractivity contribution is 5.39. The molecular weight excluding hydrogens is 272 g/mol. The second-order valence-corrected chi connectivity index (χ2v) is 5.11. The van der Waals surface area contributed by atoms with E-state index < -0.39 is 0 Å². The summed E-state index contributed by atoms with van der Waals surface area (Å²) in [5.74, 6) is 1.03. The Morgan fingerprint density at radius 1 is 1.00 bits per heavy atom. The normalized spacial score (nSPS) is 10.2. The molecule has 2 aromatic rings. The lowest BCUT2D eigenvalue weighted by molar-refractivity contribution is 0.691. The first kappa shape index (κ1) is 16.0. The van der Waals surface area contributed by atoms with E-state index in [0.29, 0.717) is 5.56 Å². The molecule has 114 valence electrons. The standard InChI is InChI=1S/C18H22N4/c1-3-22(4-2)18-10-9-17(14-21-18)13-20-12-16-7-5-15(11-19)6-8-16/h5-10,14,20H,3-4,12-13H2,1-2H3. The van der Waals surface area contributed by atoms with Gasteiger partial charge in [0.25, 0.3) is 0 Å². The second-order valence-electron chi connectivity index (χ2n) is 5.11. The van der Waals surface area contributed by atoms with Crippen molar-refractivity contribution in [1.82, 2.24) is 10.3 Å². The van der Waals surface area contributed by atoms with Gasteiger partial charge in [0, 0.05) is 32.4 Å². The van der Waals surface area contributed by atoms with Crippen LogP contribution < -0.4 is 10.2 Å². The molecule has 22 heavy (non-hydrogen) atoms. The summed E-state index contributed by atoms with van der Waals surface area (Å²) in [4.78, 5) is 6.75. The Morgan fingerprint density at radius 3 is 2.18 bits per heavy atom. The topological polar surface area (TPSA) is 52.0 Å².